The van der Waals surface area contributed by atoms with Gasteiger partial charge in [-0.2, -0.15) is 0 Å². The average molecular weight is 464 g/mol. The average Bonchev–Trinajstić information content (AvgIpc) is 3.39. The lowest BCUT2D eigenvalue weighted by atomic mass is 10.1. The molecule has 6 nitrogen and oxygen atoms in total. The number of aromatic nitrogens is 1. The molecule has 3 aromatic rings. The first-order chi connectivity index (χ1) is 16.4. The van der Waals surface area contributed by atoms with Gasteiger partial charge in [0.1, 0.15) is 5.82 Å². The molecule has 1 aromatic heterocycles. The molecular formula is C27H34FN5O. The van der Waals surface area contributed by atoms with E-state index >= 15 is 0 Å². The number of fused-ring (bicyclic) bond motifs is 1. The monoisotopic (exact) mass is 463 g/mol. The molecule has 180 valence electrons. The first-order valence-corrected chi connectivity index (χ1v) is 12.3. The minimum absolute atomic E-state index is 0.0672. The van der Waals surface area contributed by atoms with E-state index in [1.54, 1.807) is 0 Å². The van der Waals surface area contributed by atoms with Crippen LogP contribution in [0.15, 0.2) is 48.7 Å². The molecule has 0 aliphatic carbocycles. The van der Waals surface area contributed by atoms with Gasteiger partial charge < -0.3 is 19.7 Å². The Balaban J connectivity index is 1.29. The topological polar surface area (TPSA) is 43.8 Å². The van der Waals surface area contributed by atoms with Gasteiger partial charge >= 0.3 is 6.03 Å². The first-order valence-electron chi connectivity index (χ1n) is 12.3. The highest BCUT2D eigenvalue weighted by molar-refractivity contribution is 5.95. The maximum Gasteiger partial charge on any atom is 0.318 e. The van der Waals surface area contributed by atoms with Crippen LogP contribution in [0.25, 0.3) is 16.6 Å². The highest BCUT2D eigenvalue weighted by Gasteiger charge is 2.32. The van der Waals surface area contributed by atoms with Gasteiger partial charge in [-0.05, 0) is 63.1 Å². The number of aryl methyl sites for hydroxylation is 1. The van der Waals surface area contributed by atoms with Crippen molar-refractivity contribution in [2.75, 3.05) is 44.2 Å². The van der Waals surface area contributed by atoms with Crippen LogP contribution in [-0.2, 0) is 0 Å². The van der Waals surface area contributed by atoms with E-state index in [1.165, 1.54) is 28.8 Å². The number of urea groups is 1. The molecule has 1 unspecified atom stereocenters. The van der Waals surface area contributed by atoms with Gasteiger partial charge in [-0.1, -0.05) is 12.1 Å². The number of piperazine rings is 1. The van der Waals surface area contributed by atoms with E-state index in [4.69, 9.17) is 0 Å². The van der Waals surface area contributed by atoms with Gasteiger partial charge in [-0.15, -0.1) is 0 Å². The van der Waals surface area contributed by atoms with Crippen LogP contribution in [0.4, 0.5) is 14.9 Å². The minimum Gasteiger partial charge on any atom is -0.367 e. The number of benzene rings is 2. The highest BCUT2D eigenvalue weighted by Crippen LogP contribution is 2.33. The molecule has 0 bridgehead atoms. The quantitative estimate of drug-likeness (QED) is 0.590. The Bertz CT molecular complexity index is 1160. The van der Waals surface area contributed by atoms with E-state index in [1.807, 2.05) is 17.0 Å². The Morgan fingerprint density at radius 2 is 1.79 bits per heavy atom. The minimum atomic E-state index is -0.220. The summed E-state index contributed by atoms with van der Waals surface area (Å²) in [6, 6.07) is 13.9. The SMILES string of the molecule is Cc1ccc2c(N3CCN(CCC4CNC(=O)N4C(C)C)CC3)cn(-c3ccc(F)cc3)c2c1. The number of nitrogens with zero attached hydrogens (tertiary/aromatic N) is 4. The smallest absolute Gasteiger partial charge is 0.318 e. The van der Waals surface area contributed by atoms with Gasteiger partial charge in [0.25, 0.3) is 0 Å². The predicted octanol–water partition coefficient (Wildman–Crippen LogP) is 4.39. The molecule has 2 aliphatic rings. The second kappa shape index (κ2) is 9.29. The van der Waals surface area contributed by atoms with Crippen LogP contribution in [0.1, 0.15) is 25.8 Å². The molecule has 2 amide bonds. The lowest BCUT2D eigenvalue weighted by Gasteiger charge is -2.37. The lowest BCUT2D eigenvalue weighted by Crippen LogP contribution is -2.48. The lowest BCUT2D eigenvalue weighted by molar-refractivity contribution is 0.170. The largest absolute Gasteiger partial charge is 0.367 e. The van der Waals surface area contributed by atoms with Crippen LogP contribution in [0, 0.1) is 12.7 Å². The maximum absolute atomic E-state index is 13.5. The Morgan fingerprint density at radius 3 is 2.50 bits per heavy atom. The molecule has 2 saturated heterocycles. The zero-order valence-corrected chi connectivity index (χ0v) is 20.3. The van der Waals surface area contributed by atoms with E-state index < -0.39 is 0 Å². The number of anilines is 1. The van der Waals surface area contributed by atoms with Crippen molar-refractivity contribution < 1.29 is 9.18 Å². The summed E-state index contributed by atoms with van der Waals surface area (Å²) in [5.74, 6) is -0.220. The number of carbonyl (C=O) groups excluding carboxylic acids is 1. The van der Waals surface area contributed by atoms with Gasteiger partial charge in [-0.3, -0.25) is 4.90 Å². The standard InChI is InChI=1S/C27H34FN5O/c1-19(2)33-23(17-29-27(33)34)10-11-30-12-14-31(15-13-30)26-18-32(22-7-5-21(28)6-8-22)25-16-20(3)4-9-24(25)26/h4-9,16,18-19,23H,10-15,17H2,1-3H3,(H,29,34). The Morgan fingerprint density at radius 1 is 1.06 bits per heavy atom. The van der Waals surface area contributed by atoms with E-state index in [9.17, 15) is 9.18 Å². The Hall–Kier alpha value is -3.06. The normalized spacial score (nSPS) is 19.4. The van der Waals surface area contributed by atoms with Crippen molar-refractivity contribution in [1.29, 1.82) is 0 Å². The number of hydrogen-bond donors (Lipinski definition) is 1. The molecular weight excluding hydrogens is 429 g/mol. The van der Waals surface area contributed by atoms with E-state index in [0.717, 1.165) is 56.9 Å². The summed E-state index contributed by atoms with van der Waals surface area (Å²) in [5, 5.41) is 4.22. The van der Waals surface area contributed by atoms with Gasteiger partial charge in [-0.25, -0.2) is 9.18 Å². The van der Waals surface area contributed by atoms with E-state index in [-0.39, 0.29) is 23.9 Å². The molecule has 1 atom stereocenters. The van der Waals surface area contributed by atoms with Crippen molar-refractivity contribution in [2.45, 2.75) is 39.3 Å². The predicted molar refractivity (Wildman–Crippen MR) is 135 cm³/mol. The molecule has 2 fully saturated rings. The molecule has 0 spiro atoms. The fraction of sp³-hybridized carbons (Fsp3) is 0.444. The third-order valence-electron chi connectivity index (χ3n) is 7.21. The third-order valence-corrected chi connectivity index (χ3v) is 7.21. The van der Waals surface area contributed by atoms with Gasteiger partial charge in [0, 0.05) is 62.6 Å². The summed E-state index contributed by atoms with van der Waals surface area (Å²) in [7, 11) is 0. The maximum atomic E-state index is 13.5. The number of nitrogens with one attached hydrogen (secondary N) is 1. The van der Waals surface area contributed by atoms with Crippen LogP contribution in [0.3, 0.4) is 0 Å². The van der Waals surface area contributed by atoms with Crippen molar-refractivity contribution in [3.05, 3.63) is 60.0 Å². The van der Waals surface area contributed by atoms with Crippen LogP contribution < -0.4 is 10.2 Å². The van der Waals surface area contributed by atoms with Crippen molar-refractivity contribution in [1.82, 2.24) is 19.7 Å². The van der Waals surface area contributed by atoms with Crippen LogP contribution in [0.2, 0.25) is 0 Å². The number of hydrogen-bond acceptors (Lipinski definition) is 3. The van der Waals surface area contributed by atoms with Crippen LogP contribution >= 0.6 is 0 Å². The molecule has 7 heteroatoms. The Labute approximate surface area is 200 Å². The summed E-state index contributed by atoms with van der Waals surface area (Å²) >= 11 is 0. The summed E-state index contributed by atoms with van der Waals surface area (Å²) in [6.45, 7) is 12.0. The highest BCUT2D eigenvalue weighted by atomic mass is 19.1. The van der Waals surface area contributed by atoms with Crippen molar-refractivity contribution in [2.24, 2.45) is 0 Å². The van der Waals surface area contributed by atoms with Gasteiger partial charge in [0.2, 0.25) is 0 Å². The van der Waals surface area contributed by atoms with Crippen molar-refractivity contribution in [3.63, 3.8) is 0 Å². The number of halogens is 1. The second-order valence-electron chi connectivity index (χ2n) is 9.84. The summed E-state index contributed by atoms with van der Waals surface area (Å²) < 4.78 is 15.7. The molecule has 5 rings (SSSR count). The van der Waals surface area contributed by atoms with Crippen LogP contribution in [-0.4, -0.2) is 71.8 Å². The molecule has 2 aromatic carbocycles. The zero-order chi connectivity index (χ0) is 23.8. The molecule has 34 heavy (non-hydrogen) atoms. The third kappa shape index (κ3) is 4.37. The van der Waals surface area contributed by atoms with Crippen molar-refractivity contribution >= 4 is 22.6 Å². The molecule has 3 heterocycles. The Kier molecular flexibility index (Phi) is 6.21. The first kappa shape index (κ1) is 22.7. The fourth-order valence-corrected chi connectivity index (χ4v) is 5.39. The number of rotatable bonds is 6. The molecule has 0 saturated carbocycles. The fourth-order valence-electron chi connectivity index (χ4n) is 5.39. The zero-order valence-electron chi connectivity index (χ0n) is 20.3. The summed E-state index contributed by atoms with van der Waals surface area (Å²) in [5.41, 5.74) is 4.56. The van der Waals surface area contributed by atoms with Crippen LogP contribution in [0.5, 0.6) is 0 Å². The number of carbonyl (C=O) groups is 1. The summed E-state index contributed by atoms with van der Waals surface area (Å²) in [6.07, 6.45) is 3.20. The van der Waals surface area contributed by atoms with Crippen molar-refractivity contribution in [3.8, 4) is 5.69 Å². The van der Waals surface area contributed by atoms with E-state index in [0.29, 0.717) is 0 Å². The number of amides is 2. The van der Waals surface area contributed by atoms with E-state index in [2.05, 4.69) is 64.9 Å². The van der Waals surface area contributed by atoms with Gasteiger partial charge in [0.05, 0.1) is 17.2 Å². The summed E-state index contributed by atoms with van der Waals surface area (Å²) in [4.78, 5) is 19.1. The molecule has 1 N–H and O–H groups in total. The van der Waals surface area contributed by atoms with Gasteiger partial charge in [0.15, 0.2) is 0 Å². The molecule has 0 radical (unpaired) electrons. The second-order valence-corrected chi connectivity index (χ2v) is 9.84. The molecule has 2 aliphatic heterocycles.